The third-order valence-corrected chi connectivity index (χ3v) is 2.14. The molecule has 0 amide bonds. The number of imidazole rings is 1. The molecule has 0 aliphatic rings. The third kappa shape index (κ3) is 1.61. The van der Waals surface area contributed by atoms with Gasteiger partial charge in [0.15, 0.2) is 5.65 Å². The molecule has 74 valence electrons. The highest BCUT2D eigenvalue weighted by Crippen LogP contribution is 2.05. The van der Waals surface area contributed by atoms with Gasteiger partial charge in [0.2, 0.25) is 0 Å². The molecule has 0 bridgehead atoms. The summed E-state index contributed by atoms with van der Waals surface area (Å²) in [5, 5.41) is 4.43. The van der Waals surface area contributed by atoms with Gasteiger partial charge in [-0.25, -0.2) is 9.50 Å². The molecule has 2 rings (SSSR count). The maximum absolute atomic E-state index is 5.51. The molecule has 14 heavy (non-hydrogen) atoms. The maximum atomic E-state index is 5.51. The number of nitrogens with two attached hydrogens (primary N) is 1. The standard InChI is InChI=1S/C10H14N4/c1-2-3-8-4-5-10-12-9(6-11)7-14(10)13-8/h4-5,7H,2-3,6,11H2,1H3. The molecule has 0 fully saturated rings. The molecule has 2 N–H and O–H groups in total. The number of rotatable bonds is 3. The van der Waals surface area contributed by atoms with Gasteiger partial charge in [0.25, 0.3) is 0 Å². The number of hydrogen-bond acceptors (Lipinski definition) is 3. The van der Waals surface area contributed by atoms with Crippen molar-refractivity contribution in [3.63, 3.8) is 0 Å². The summed E-state index contributed by atoms with van der Waals surface area (Å²) in [6.07, 6.45) is 4.00. The van der Waals surface area contributed by atoms with Crippen LogP contribution in [0.4, 0.5) is 0 Å². The summed E-state index contributed by atoms with van der Waals surface area (Å²) in [5.74, 6) is 0. The first-order valence-electron chi connectivity index (χ1n) is 4.87. The van der Waals surface area contributed by atoms with Crippen molar-refractivity contribution in [3.8, 4) is 0 Å². The Bertz CT molecular complexity index is 433. The molecule has 0 aromatic carbocycles. The van der Waals surface area contributed by atoms with Gasteiger partial charge in [-0.05, 0) is 18.6 Å². The quantitative estimate of drug-likeness (QED) is 0.789. The summed E-state index contributed by atoms with van der Waals surface area (Å²) in [6.45, 7) is 2.61. The minimum absolute atomic E-state index is 0.465. The maximum Gasteiger partial charge on any atom is 0.153 e. The second-order valence-electron chi connectivity index (χ2n) is 3.31. The van der Waals surface area contributed by atoms with E-state index < -0.39 is 0 Å². The predicted molar refractivity (Wildman–Crippen MR) is 54.9 cm³/mol. The van der Waals surface area contributed by atoms with Crippen LogP contribution < -0.4 is 5.73 Å². The second-order valence-corrected chi connectivity index (χ2v) is 3.31. The van der Waals surface area contributed by atoms with Gasteiger partial charge in [0.05, 0.1) is 17.6 Å². The summed E-state index contributed by atoms with van der Waals surface area (Å²) >= 11 is 0. The van der Waals surface area contributed by atoms with E-state index in [4.69, 9.17) is 5.73 Å². The van der Waals surface area contributed by atoms with Gasteiger partial charge in [0.1, 0.15) is 0 Å². The Labute approximate surface area is 82.8 Å². The number of aromatic nitrogens is 3. The van der Waals surface area contributed by atoms with E-state index in [9.17, 15) is 0 Å². The zero-order valence-electron chi connectivity index (χ0n) is 8.27. The van der Waals surface area contributed by atoms with Crippen LogP contribution in [0.5, 0.6) is 0 Å². The molecule has 4 heteroatoms. The molecular formula is C10H14N4. The highest BCUT2D eigenvalue weighted by atomic mass is 15.2. The average Bonchev–Trinajstić information content (AvgIpc) is 2.60. The fourth-order valence-corrected chi connectivity index (χ4v) is 1.46. The van der Waals surface area contributed by atoms with E-state index >= 15 is 0 Å². The molecule has 0 saturated heterocycles. The Balaban J connectivity index is 2.43. The number of aryl methyl sites for hydroxylation is 1. The van der Waals surface area contributed by atoms with E-state index in [1.54, 1.807) is 4.52 Å². The van der Waals surface area contributed by atoms with Crippen molar-refractivity contribution in [1.82, 2.24) is 14.6 Å². The van der Waals surface area contributed by atoms with Crippen LogP contribution in [-0.4, -0.2) is 14.6 Å². The van der Waals surface area contributed by atoms with Crippen LogP contribution in [-0.2, 0) is 13.0 Å². The van der Waals surface area contributed by atoms with Crippen LogP contribution in [0.3, 0.4) is 0 Å². The summed E-state index contributed by atoms with van der Waals surface area (Å²) < 4.78 is 1.80. The largest absolute Gasteiger partial charge is 0.325 e. The minimum atomic E-state index is 0.465. The van der Waals surface area contributed by atoms with Crippen LogP contribution in [0.25, 0.3) is 5.65 Å². The average molecular weight is 190 g/mol. The van der Waals surface area contributed by atoms with Crippen LogP contribution in [0.2, 0.25) is 0 Å². The summed E-state index contributed by atoms with van der Waals surface area (Å²) in [7, 11) is 0. The molecular weight excluding hydrogens is 176 g/mol. The van der Waals surface area contributed by atoms with E-state index in [-0.39, 0.29) is 0 Å². The SMILES string of the molecule is CCCc1ccc2nc(CN)cn2n1. The molecule has 0 saturated carbocycles. The first-order valence-corrected chi connectivity index (χ1v) is 4.87. The highest BCUT2D eigenvalue weighted by Gasteiger charge is 2.01. The molecule has 4 nitrogen and oxygen atoms in total. The Morgan fingerprint density at radius 3 is 2.93 bits per heavy atom. The minimum Gasteiger partial charge on any atom is -0.325 e. The zero-order valence-corrected chi connectivity index (χ0v) is 8.27. The molecule has 0 spiro atoms. The topological polar surface area (TPSA) is 56.2 Å². The van der Waals surface area contributed by atoms with Gasteiger partial charge in [0, 0.05) is 6.54 Å². The van der Waals surface area contributed by atoms with Gasteiger partial charge in [-0.1, -0.05) is 13.3 Å². The Kier molecular flexibility index (Phi) is 2.45. The Hall–Kier alpha value is -1.42. The number of nitrogens with zero attached hydrogens (tertiary/aromatic N) is 3. The molecule has 0 aliphatic carbocycles. The lowest BCUT2D eigenvalue weighted by molar-refractivity contribution is 0.808. The number of hydrogen-bond donors (Lipinski definition) is 1. The van der Waals surface area contributed by atoms with Crippen molar-refractivity contribution >= 4 is 5.65 Å². The van der Waals surface area contributed by atoms with Crippen molar-refractivity contribution in [2.45, 2.75) is 26.3 Å². The lowest BCUT2D eigenvalue weighted by Crippen LogP contribution is -1.96. The van der Waals surface area contributed by atoms with Crippen molar-refractivity contribution in [3.05, 3.63) is 29.7 Å². The first-order chi connectivity index (χ1) is 6.83. The zero-order chi connectivity index (χ0) is 9.97. The fourth-order valence-electron chi connectivity index (χ4n) is 1.46. The highest BCUT2D eigenvalue weighted by molar-refractivity contribution is 5.38. The van der Waals surface area contributed by atoms with E-state index in [2.05, 4.69) is 17.0 Å². The molecule has 0 atom stereocenters. The second kappa shape index (κ2) is 3.75. The molecule has 0 radical (unpaired) electrons. The van der Waals surface area contributed by atoms with Gasteiger partial charge >= 0.3 is 0 Å². The summed E-state index contributed by atoms with van der Waals surface area (Å²) in [6, 6.07) is 4.00. The molecule has 2 aromatic heterocycles. The van der Waals surface area contributed by atoms with E-state index in [0.29, 0.717) is 6.54 Å². The van der Waals surface area contributed by atoms with Crippen LogP contribution >= 0.6 is 0 Å². The van der Waals surface area contributed by atoms with Gasteiger partial charge in [-0.3, -0.25) is 0 Å². The molecule has 2 heterocycles. The normalized spacial score (nSPS) is 11.0. The fraction of sp³-hybridized carbons (Fsp3) is 0.400. The Morgan fingerprint density at radius 1 is 1.36 bits per heavy atom. The lowest BCUT2D eigenvalue weighted by atomic mass is 10.2. The lowest BCUT2D eigenvalue weighted by Gasteiger charge is -1.97. The van der Waals surface area contributed by atoms with Crippen molar-refractivity contribution in [2.24, 2.45) is 5.73 Å². The van der Waals surface area contributed by atoms with Gasteiger partial charge < -0.3 is 5.73 Å². The third-order valence-electron chi connectivity index (χ3n) is 2.14. The van der Waals surface area contributed by atoms with Crippen LogP contribution in [0.15, 0.2) is 18.3 Å². The van der Waals surface area contributed by atoms with E-state index in [0.717, 1.165) is 29.9 Å². The number of fused-ring (bicyclic) bond motifs is 1. The first kappa shape index (κ1) is 9.15. The van der Waals surface area contributed by atoms with Crippen molar-refractivity contribution in [1.29, 1.82) is 0 Å². The van der Waals surface area contributed by atoms with Crippen LogP contribution in [0.1, 0.15) is 24.7 Å². The Morgan fingerprint density at radius 2 is 2.21 bits per heavy atom. The van der Waals surface area contributed by atoms with E-state index in [1.807, 2.05) is 18.3 Å². The van der Waals surface area contributed by atoms with Gasteiger partial charge in [-0.2, -0.15) is 5.10 Å². The van der Waals surface area contributed by atoms with Gasteiger partial charge in [-0.15, -0.1) is 0 Å². The van der Waals surface area contributed by atoms with Crippen molar-refractivity contribution in [2.75, 3.05) is 0 Å². The molecule has 2 aromatic rings. The summed E-state index contributed by atoms with van der Waals surface area (Å²) in [4.78, 5) is 4.31. The molecule has 0 unspecified atom stereocenters. The smallest absolute Gasteiger partial charge is 0.153 e. The van der Waals surface area contributed by atoms with Crippen LogP contribution in [0, 0.1) is 0 Å². The predicted octanol–water partition coefficient (Wildman–Crippen LogP) is 1.14. The monoisotopic (exact) mass is 190 g/mol. The summed E-state index contributed by atoms with van der Waals surface area (Å²) in [5.41, 5.74) is 8.35. The molecule has 0 aliphatic heterocycles. The van der Waals surface area contributed by atoms with Crippen molar-refractivity contribution < 1.29 is 0 Å². The van der Waals surface area contributed by atoms with E-state index in [1.165, 1.54) is 0 Å².